The lowest BCUT2D eigenvalue weighted by molar-refractivity contribution is 0.0593. The van der Waals surface area contributed by atoms with Crippen LogP contribution in [0.3, 0.4) is 0 Å². The van der Waals surface area contributed by atoms with E-state index in [2.05, 4.69) is 10.3 Å². The smallest absolute Gasteiger partial charge is 0.437 e. The molecule has 1 aliphatic carbocycles. The minimum absolute atomic E-state index is 0.262. The Hall–Kier alpha value is -3.88. The fourth-order valence-corrected chi connectivity index (χ4v) is 4.29. The molecule has 1 aliphatic rings. The van der Waals surface area contributed by atoms with E-state index in [0.29, 0.717) is 48.1 Å². The molecule has 3 aromatic rings. The van der Waals surface area contributed by atoms with Crippen LogP contribution < -0.4 is 15.7 Å². The third-order valence-corrected chi connectivity index (χ3v) is 6.66. The molecule has 1 atom stereocenters. The van der Waals surface area contributed by atoms with Gasteiger partial charge in [-0.3, -0.25) is 4.79 Å². The molecule has 0 spiro atoms. The number of hydrogen-bond acceptors (Lipinski definition) is 4. The molecule has 1 saturated carbocycles. The second-order valence-electron chi connectivity index (χ2n) is 11.4. The maximum Gasteiger partial charge on any atom is 0.437 e. The lowest BCUT2D eigenvalue weighted by atomic mass is 10.0. The Morgan fingerprint density at radius 3 is 2.50 bits per heavy atom. The third kappa shape index (κ3) is 7.83. The highest BCUT2D eigenvalue weighted by atomic mass is 19.1. The van der Waals surface area contributed by atoms with Gasteiger partial charge in [0.05, 0.1) is 19.2 Å². The normalized spacial score (nSPS) is 14.6. The lowest BCUT2D eigenvalue weighted by Crippen LogP contribution is -2.30. The number of benzene rings is 2. The molecule has 9 heteroatoms. The summed E-state index contributed by atoms with van der Waals surface area (Å²) in [7, 11) is 0. The van der Waals surface area contributed by atoms with Crippen molar-refractivity contribution in [3.05, 3.63) is 82.5 Å². The Morgan fingerprint density at radius 2 is 1.85 bits per heavy atom. The fourth-order valence-electron chi connectivity index (χ4n) is 4.29. The summed E-state index contributed by atoms with van der Waals surface area (Å²) in [4.78, 5) is 30.1. The molecular formula is C31H39FN4O4. The Labute approximate surface area is 234 Å². The summed E-state index contributed by atoms with van der Waals surface area (Å²) < 4.78 is 28.9. The number of nitrogens with zero attached hydrogens (tertiary/aromatic N) is 3. The van der Waals surface area contributed by atoms with Crippen LogP contribution in [0.2, 0.25) is 0 Å². The summed E-state index contributed by atoms with van der Waals surface area (Å²) in [5, 5.41) is 3.02. The molecule has 8 nitrogen and oxygen atoms in total. The van der Waals surface area contributed by atoms with Crippen LogP contribution in [0.5, 0.6) is 5.75 Å². The van der Waals surface area contributed by atoms with E-state index in [9.17, 15) is 14.0 Å². The van der Waals surface area contributed by atoms with Crippen molar-refractivity contribution in [3.8, 4) is 5.75 Å². The van der Waals surface area contributed by atoms with Crippen LogP contribution in [0.4, 0.5) is 9.18 Å². The summed E-state index contributed by atoms with van der Waals surface area (Å²) in [6.45, 7) is 12.5. The number of rotatable bonds is 9. The first-order valence-electron chi connectivity index (χ1n) is 13.8. The molecule has 1 aromatic heterocycles. The topological polar surface area (TPSA) is 86.9 Å². The summed E-state index contributed by atoms with van der Waals surface area (Å²) in [5.74, 6) is 0.623. The van der Waals surface area contributed by atoms with Crippen molar-refractivity contribution >= 4 is 12.0 Å². The number of aromatic nitrogens is 2. The second-order valence-corrected chi connectivity index (χ2v) is 11.4. The predicted molar refractivity (Wildman–Crippen MR) is 151 cm³/mol. The molecule has 2 aromatic carbocycles. The van der Waals surface area contributed by atoms with Crippen LogP contribution in [0.1, 0.15) is 80.6 Å². The zero-order chi connectivity index (χ0) is 29.0. The Morgan fingerprint density at radius 1 is 1.12 bits per heavy atom. The average molecular weight is 551 g/mol. The van der Waals surface area contributed by atoms with Gasteiger partial charge in [0.1, 0.15) is 17.2 Å². The number of aryl methyl sites for hydroxylation is 2. The molecule has 1 fully saturated rings. The Balaban J connectivity index is 1.62. The van der Waals surface area contributed by atoms with Gasteiger partial charge in [0.2, 0.25) is 5.62 Å². The van der Waals surface area contributed by atoms with E-state index >= 15 is 0 Å². The molecule has 4 rings (SSSR count). The highest BCUT2D eigenvalue weighted by Crippen LogP contribution is 2.30. The molecule has 40 heavy (non-hydrogen) atoms. The third-order valence-electron chi connectivity index (χ3n) is 6.66. The molecule has 0 aliphatic heterocycles. The highest BCUT2D eigenvalue weighted by Gasteiger charge is 2.23. The van der Waals surface area contributed by atoms with Gasteiger partial charge in [0.25, 0.3) is 5.91 Å². The van der Waals surface area contributed by atoms with Crippen molar-refractivity contribution in [1.82, 2.24) is 14.5 Å². The van der Waals surface area contributed by atoms with Crippen molar-refractivity contribution < 1.29 is 23.5 Å². The van der Waals surface area contributed by atoms with E-state index in [1.165, 1.54) is 6.07 Å². The number of hydrogen-bond donors (Lipinski definition) is 1. The van der Waals surface area contributed by atoms with E-state index in [-0.39, 0.29) is 17.8 Å². The van der Waals surface area contributed by atoms with Gasteiger partial charge < -0.3 is 23.9 Å². The quantitative estimate of drug-likeness (QED) is 0.358. The minimum Gasteiger partial charge on any atom is -0.493 e. The zero-order valence-corrected chi connectivity index (χ0v) is 24.2. The average Bonchev–Trinajstić information content (AvgIpc) is 3.64. The number of carbonyl (C=O) groups is 2. The number of amides is 2. The molecule has 214 valence electrons. The van der Waals surface area contributed by atoms with E-state index in [4.69, 9.17) is 9.47 Å². The summed E-state index contributed by atoms with van der Waals surface area (Å²) >= 11 is 0. The number of imidazole rings is 1. The molecule has 0 radical (unpaired) electrons. The van der Waals surface area contributed by atoms with E-state index in [1.807, 2.05) is 47.5 Å². The lowest BCUT2D eigenvalue weighted by Gasteiger charge is -2.17. The number of halogens is 1. The van der Waals surface area contributed by atoms with Crippen molar-refractivity contribution in [1.29, 1.82) is 0 Å². The van der Waals surface area contributed by atoms with Crippen molar-refractivity contribution in [3.63, 3.8) is 0 Å². The maximum atomic E-state index is 13.7. The molecule has 0 bridgehead atoms. The van der Waals surface area contributed by atoms with Gasteiger partial charge in [0, 0.05) is 24.5 Å². The summed E-state index contributed by atoms with van der Waals surface area (Å²) in [5.41, 5.74) is 2.41. The van der Waals surface area contributed by atoms with Crippen LogP contribution in [-0.2, 0) is 17.8 Å². The predicted octanol–water partition coefficient (Wildman–Crippen LogP) is 5.92. The first-order valence-corrected chi connectivity index (χ1v) is 13.8. The molecule has 1 N–H and O–H groups in total. The number of carbonyl (C=O) groups excluding carboxylic acids is 2. The van der Waals surface area contributed by atoms with E-state index in [1.54, 1.807) is 45.9 Å². The van der Waals surface area contributed by atoms with E-state index in [0.717, 1.165) is 24.0 Å². The van der Waals surface area contributed by atoms with Gasteiger partial charge >= 0.3 is 6.09 Å². The van der Waals surface area contributed by atoms with Gasteiger partial charge in [-0.15, -0.1) is 4.99 Å². The maximum absolute atomic E-state index is 13.7. The number of nitrogens with one attached hydrogen (secondary N) is 1. The van der Waals surface area contributed by atoms with Crippen LogP contribution in [0.15, 0.2) is 53.8 Å². The summed E-state index contributed by atoms with van der Waals surface area (Å²) in [6.07, 6.45) is 5.34. The van der Waals surface area contributed by atoms with Gasteiger partial charge in [-0.2, -0.15) is 0 Å². The van der Waals surface area contributed by atoms with Gasteiger partial charge in [-0.25, -0.2) is 9.18 Å². The molecule has 0 saturated heterocycles. The van der Waals surface area contributed by atoms with Crippen molar-refractivity contribution in [2.24, 2.45) is 10.9 Å². The van der Waals surface area contributed by atoms with Crippen molar-refractivity contribution in [2.45, 2.75) is 79.1 Å². The Kier molecular flexibility index (Phi) is 8.81. The first-order chi connectivity index (χ1) is 18.9. The van der Waals surface area contributed by atoms with Gasteiger partial charge in [-0.05, 0) is 101 Å². The first kappa shape index (κ1) is 29.1. The SMILES string of the molecule is CCn1ccn(Cc2cc(OCC3CC3)cc(C(=O)N[C@@H](C)c3ccc(F)c(C)c3)c2)/c1=N/C(=O)OC(C)(C)C. The van der Waals surface area contributed by atoms with Crippen molar-refractivity contribution in [2.75, 3.05) is 6.61 Å². The second kappa shape index (κ2) is 12.1. The van der Waals surface area contributed by atoms with Gasteiger partial charge in [-0.1, -0.05) is 12.1 Å². The fraction of sp³-hybridized carbons (Fsp3) is 0.452. The van der Waals surface area contributed by atoms with Crippen LogP contribution in [0.25, 0.3) is 0 Å². The van der Waals surface area contributed by atoms with E-state index < -0.39 is 11.7 Å². The summed E-state index contributed by atoms with van der Waals surface area (Å²) in [6, 6.07) is 9.99. The zero-order valence-electron chi connectivity index (χ0n) is 24.2. The van der Waals surface area contributed by atoms with Crippen LogP contribution in [-0.4, -0.2) is 33.3 Å². The molecule has 1 heterocycles. The highest BCUT2D eigenvalue weighted by molar-refractivity contribution is 5.95. The van der Waals surface area contributed by atoms with Crippen LogP contribution >= 0.6 is 0 Å². The molecule has 2 amide bonds. The molecule has 0 unspecified atom stereocenters. The standard InChI is InChI=1S/C31H39FN4O4/c1-7-35-12-13-36(29(35)34-30(38)40-31(4,5)6)18-23-15-25(17-26(16-23)39-19-22-8-9-22)28(37)33-21(3)24-10-11-27(32)20(2)14-24/h10-17,21-22H,7-9,18-19H2,1-6H3,(H,33,37)/b34-29+/t21-/m0/s1. The van der Waals surface area contributed by atoms with Crippen LogP contribution in [0, 0.1) is 18.7 Å². The monoisotopic (exact) mass is 550 g/mol. The molecular weight excluding hydrogens is 511 g/mol. The Bertz CT molecular complexity index is 1450. The largest absolute Gasteiger partial charge is 0.493 e. The minimum atomic E-state index is -0.666. The van der Waals surface area contributed by atoms with Gasteiger partial charge in [0.15, 0.2) is 0 Å². The number of ether oxygens (including phenoxy) is 2.